The maximum atomic E-state index is 13.3. The number of aromatic nitrogens is 1. The molecule has 0 aliphatic carbocycles. The number of hydrogen-bond donors (Lipinski definition) is 1. The Balaban J connectivity index is 2.00. The molecule has 0 fully saturated rings. The molecule has 1 amide bonds. The van der Waals surface area contributed by atoms with Gasteiger partial charge in [-0.25, -0.2) is 22.0 Å². The van der Waals surface area contributed by atoms with Crippen LogP contribution in [0.2, 0.25) is 0 Å². The molecule has 3 rings (SSSR count). The fourth-order valence-electron chi connectivity index (χ4n) is 4.12. The second-order valence-corrected chi connectivity index (χ2v) is 14.8. The van der Waals surface area contributed by atoms with Gasteiger partial charge in [0, 0.05) is 25.2 Å². The van der Waals surface area contributed by atoms with Gasteiger partial charge in [0.15, 0.2) is 4.80 Å². The number of aryl methyl sites for hydroxylation is 1. The minimum absolute atomic E-state index is 0.00774. The van der Waals surface area contributed by atoms with Crippen LogP contribution in [0, 0.1) is 11.8 Å². The molecular weight excluding hydrogens is 589 g/mol. The average molecular weight is 625 g/mol. The number of hydrogen-bond acceptors (Lipinski definition) is 8. The summed E-state index contributed by atoms with van der Waals surface area (Å²) in [6.07, 6.45) is 0.00774. The van der Waals surface area contributed by atoms with Crippen LogP contribution in [0.25, 0.3) is 10.2 Å². The lowest BCUT2D eigenvalue weighted by Crippen LogP contribution is -2.37. The number of nitrogens with zero attached hydrogens (tertiary/aromatic N) is 3. The summed E-state index contributed by atoms with van der Waals surface area (Å²) in [4.78, 5) is 29.6. The van der Waals surface area contributed by atoms with Crippen LogP contribution in [0.4, 0.5) is 0 Å². The van der Waals surface area contributed by atoms with Gasteiger partial charge in [-0.05, 0) is 61.2 Å². The second kappa shape index (κ2) is 13.4. The quantitative estimate of drug-likeness (QED) is 0.303. The van der Waals surface area contributed by atoms with Crippen molar-refractivity contribution in [2.45, 2.75) is 57.4 Å². The fourth-order valence-corrected chi connectivity index (χ4v) is 7.60. The van der Waals surface area contributed by atoms with E-state index in [0.29, 0.717) is 23.3 Å². The van der Waals surface area contributed by atoms with Crippen LogP contribution < -0.4 is 9.94 Å². The van der Waals surface area contributed by atoms with Gasteiger partial charge >= 0.3 is 5.97 Å². The molecule has 0 saturated carbocycles. The van der Waals surface area contributed by atoms with E-state index in [2.05, 4.69) is 4.99 Å². The van der Waals surface area contributed by atoms with Gasteiger partial charge in [-0.1, -0.05) is 39.0 Å². The molecule has 3 aromatic rings. The van der Waals surface area contributed by atoms with E-state index >= 15 is 0 Å². The Labute approximate surface area is 244 Å². The van der Waals surface area contributed by atoms with Crippen LogP contribution in [0.5, 0.6) is 0 Å². The zero-order valence-corrected chi connectivity index (χ0v) is 26.2. The van der Waals surface area contributed by atoms with Gasteiger partial charge in [-0.15, -0.1) is 0 Å². The molecule has 224 valence electrons. The first-order valence-corrected chi connectivity index (χ1v) is 16.9. The van der Waals surface area contributed by atoms with Crippen LogP contribution in [0.15, 0.2) is 57.2 Å². The highest BCUT2D eigenvalue weighted by atomic mass is 32.2. The lowest BCUT2D eigenvalue weighted by molar-refractivity contribution is -0.143. The summed E-state index contributed by atoms with van der Waals surface area (Å²) < 4.78 is 59.0. The number of amides is 1. The SMILES string of the molecule is CCOC(=O)CCn1c(=NC(=O)c2ccc(S(=O)(=O)N(CC(C)C)CC(C)C)cc2)sc2cc(S(N)(=O)=O)ccc21. The normalized spacial score (nSPS) is 13.0. The van der Waals surface area contributed by atoms with Crippen LogP contribution in [-0.4, -0.2) is 57.3 Å². The highest BCUT2D eigenvalue weighted by Gasteiger charge is 2.26. The van der Waals surface area contributed by atoms with Crippen molar-refractivity contribution >= 4 is 53.5 Å². The minimum atomic E-state index is -3.96. The highest BCUT2D eigenvalue weighted by Crippen LogP contribution is 2.23. The Morgan fingerprint density at radius 2 is 1.56 bits per heavy atom. The molecule has 0 unspecified atom stereocenters. The monoisotopic (exact) mass is 624 g/mol. The molecule has 0 bridgehead atoms. The third kappa shape index (κ3) is 8.32. The summed E-state index contributed by atoms with van der Waals surface area (Å²) in [5.74, 6) is -0.779. The van der Waals surface area contributed by atoms with Crippen LogP contribution >= 0.6 is 11.3 Å². The van der Waals surface area contributed by atoms with Gasteiger partial charge in [0.2, 0.25) is 20.0 Å². The first-order valence-electron chi connectivity index (χ1n) is 13.1. The Kier molecular flexibility index (Phi) is 10.6. The average Bonchev–Trinajstić information content (AvgIpc) is 3.22. The Morgan fingerprint density at radius 1 is 0.976 bits per heavy atom. The van der Waals surface area contributed by atoms with E-state index in [1.807, 2.05) is 27.7 Å². The molecule has 0 saturated heterocycles. The van der Waals surface area contributed by atoms with Crippen molar-refractivity contribution in [3.63, 3.8) is 0 Å². The maximum Gasteiger partial charge on any atom is 0.307 e. The highest BCUT2D eigenvalue weighted by molar-refractivity contribution is 7.89. The summed E-state index contributed by atoms with van der Waals surface area (Å²) >= 11 is 1.07. The third-order valence-electron chi connectivity index (χ3n) is 5.90. The zero-order valence-electron chi connectivity index (χ0n) is 23.7. The molecule has 2 aromatic carbocycles. The third-order valence-corrected chi connectivity index (χ3v) is 9.70. The molecule has 0 aliphatic heterocycles. The van der Waals surface area contributed by atoms with Crippen molar-refractivity contribution in [3.8, 4) is 0 Å². The summed E-state index contributed by atoms with van der Waals surface area (Å²) in [7, 11) is -7.73. The van der Waals surface area contributed by atoms with Crippen molar-refractivity contribution in [2.24, 2.45) is 22.0 Å². The van der Waals surface area contributed by atoms with Gasteiger partial charge in [0.1, 0.15) is 0 Å². The molecule has 0 aliphatic rings. The predicted octanol–water partition coefficient (Wildman–Crippen LogP) is 3.35. The van der Waals surface area contributed by atoms with E-state index in [0.717, 1.165) is 11.3 Å². The van der Waals surface area contributed by atoms with Gasteiger partial charge in [-0.3, -0.25) is 9.59 Å². The topological polar surface area (TPSA) is 158 Å². The number of esters is 1. The summed E-state index contributed by atoms with van der Waals surface area (Å²) in [5.41, 5.74) is 0.734. The first kappa shape index (κ1) is 32.6. The molecule has 41 heavy (non-hydrogen) atoms. The van der Waals surface area contributed by atoms with Crippen molar-refractivity contribution in [2.75, 3.05) is 19.7 Å². The molecule has 1 heterocycles. The fraction of sp³-hybridized carbons (Fsp3) is 0.444. The number of primary sulfonamides is 1. The van der Waals surface area contributed by atoms with E-state index in [1.165, 1.54) is 40.7 Å². The van der Waals surface area contributed by atoms with Gasteiger partial charge < -0.3 is 9.30 Å². The van der Waals surface area contributed by atoms with Crippen molar-refractivity contribution in [1.29, 1.82) is 0 Å². The molecule has 0 radical (unpaired) electrons. The van der Waals surface area contributed by atoms with E-state index < -0.39 is 31.9 Å². The van der Waals surface area contributed by atoms with E-state index in [-0.39, 0.29) is 51.6 Å². The lowest BCUT2D eigenvalue weighted by Gasteiger charge is -2.25. The first-order chi connectivity index (χ1) is 19.1. The van der Waals surface area contributed by atoms with Gasteiger partial charge in [0.05, 0.1) is 33.0 Å². The van der Waals surface area contributed by atoms with Crippen molar-refractivity contribution in [1.82, 2.24) is 8.87 Å². The molecule has 11 nitrogen and oxygen atoms in total. The molecule has 1 aromatic heterocycles. The standard InChI is InChI=1S/C27H36N4O7S3/c1-6-38-25(32)13-14-31-23-12-11-22(40(28,34)35)15-24(23)39-27(31)29-26(33)20-7-9-21(10-8-20)41(36,37)30(16-18(2)3)17-19(4)5/h7-12,15,18-19H,6,13-14,16-17H2,1-5H3,(H2,28,34,35). The van der Waals surface area contributed by atoms with E-state index in [1.54, 1.807) is 17.6 Å². The molecule has 2 N–H and O–H groups in total. The number of benzene rings is 2. The zero-order chi connectivity index (χ0) is 30.5. The summed E-state index contributed by atoms with van der Waals surface area (Å²) in [5, 5.41) is 5.28. The number of nitrogens with two attached hydrogens (primary N) is 1. The van der Waals surface area contributed by atoms with Crippen LogP contribution in [0.3, 0.4) is 0 Å². The minimum Gasteiger partial charge on any atom is -0.466 e. The maximum absolute atomic E-state index is 13.3. The molecule has 0 atom stereocenters. The van der Waals surface area contributed by atoms with Gasteiger partial charge in [0.25, 0.3) is 5.91 Å². The van der Waals surface area contributed by atoms with Crippen molar-refractivity contribution in [3.05, 3.63) is 52.8 Å². The largest absolute Gasteiger partial charge is 0.466 e. The Morgan fingerprint density at radius 3 is 2.10 bits per heavy atom. The summed E-state index contributed by atoms with van der Waals surface area (Å²) in [6, 6.07) is 9.89. The number of rotatable bonds is 12. The second-order valence-electron chi connectivity index (χ2n) is 10.3. The van der Waals surface area contributed by atoms with Crippen molar-refractivity contribution < 1.29 is 31.2 Å². The number of fused-ring (bicyclic) bond motifs is 1. The number of carbonyl (C=O) groups excluding carboxylic acids is 2. The lowest BCUT2D eigenvalue weighted by atomic mass is 10.2. The number of thiazole rings is 1. The summed E-state index contributed by atoms with van der Waals surface area (Å²) in [6.45, 7) is 10.6. The Hall–Kier alpha value is -2.91. The predicted molar refractivity (Wildman–Crippen MR) is 157 cm³/mol. The van der Waals surface area contributed by atoms with E-state index in [4.69, 9.17) is 9.88 Å². The molecular formula is C27H36N4O7S3. The number of carbonyl (C=O) groups is 2. The number of sulfonamides is 2. The Bertz CT molecular complexity index is 1680. The molecule has 14 heteroatoms. The van der Waals surface area contributed by atoms with Crippen LogP contribution in [0.1, 0.15) is 51.4 Å². The van der Waals surface area contributed by atoms with E-state index in [9.17, 15) is 26.4 Å². The number of ether oxygens (including phenoxy) is 1. The van der Waals surface area contributed by atoms with Gasteiger partial charge in [-0.2, -0.15) is 9.30 Å². The van der Waals surface area contributed by atoms with Crippen LogP contribution in [-0.2, 0) is 36.1 Å². The molecule has 0 spiro atoms. The smallest absolute Gasteiger partial charge is 0.307 e.